The molecule has 1 aromatic carbocycles. The molecule has 114 valence electrons. The van der Waals surface area contributed by atoms with Crippen LogP contribution >= 0.6 is 15.9 Å². The van der Waals surface area contributed by atoms with E-state index < -0.39 is 4.92 Å². The third kappa shape index (κ3) is 2.49. The minimum Gasteiger partial charge on any atom is -0.383 e. The second kappa shape index (κ2) is 5.66. The van der Waals surface area contributed by atoms with Crippen LogP contribution in [0.25, 0.3) is 11.0 Å². The van der Waals surface area contributed by atoms with E-state index in [0.717, 1.165) is 5.56 Å². The van der Waals surface area contributed by atoms with Crippen molar-refractivity contribution in [2.75, 3.05) is 5.73 Å². The van der Waals surface area contributed by atoms with Crippen molar-refractivity contribution < 1.29 is 4.92 Å². The lowest BCUT2D eigenvalue weighted by Gasteiger charge is -2.06. The van der Waals surface area contributed by atoms with Gasteiger partial charge in [0.15, 0.2) is 0 Å². The molecule has 2 aromatic heterocycles. The lowest BCUT2D eigenvalue weighted by molar-refractivity contribution is -0.384. The lowest BCUT2D eigenvalue weighted by Crippen LogP contribution is -2.02. The maximum atomic E-state index is 10.7. The molecule has 0 spiro atoms. The number of fused-ring (bicyclic) bond motifs is 1. The average Bonchev–Trinajstić information content (AvgIpc) is 2.81. The van der Waals surface area contributed by atoms with E-state index in [0.29, 0.717) is 27.7 Å². The predicted octanol–water partition coefficient (Wildman–Crippen LogP) is 2.60. The molecule has 0 aliphatic heterocycles. The van der Waals surface area contributed by atoms with Crippen molar-refractivity contribution in [3.8, 4) is 6.07 Å². The fourth-order valence-corrected chi connectivity index (χ4v) is 2.90. The molecular weight excluding hydrogens is 364 g/mol. The number of hydrogen-bond acceptors (Lipinski definition) is 6. The quantitative estimate of drug-likeness (QED) is 0.556. The molecule has 0 saturated heterocycles. The average molecular weight is 373 g/mol. The molecule has 0 radical (unpaired) electrons. The number of anilines is 1. The van der Waals surface area contributed by atoms with Crippen LogP contribution in [0.5, 0.6) is 0 Å². The Morgan fingerprint density at radius 1 is 1.35 bits per heavy atom. The topological polar surface area (TPSA) is 124 Å². The second-order valence-corrected chi connectivity index (χ2v) is 5.50. The van der Waals surface area contributed by atoms with Crippen LogP contribution in [0.15, 0.2) is 35.2 Å². The van der Waals surface area contributed by atoms with Crippen LogP contribution in [0.4, 0.5) is 11.5 Å². The molecule has 3 rings (SSSR count). The van der Waals surface area contributed by atoms with E-state index in [2.05, 4.69) is 32.0 Å². The Balaban J connectivity index is 2.10. The molecule has 3 aromatic rings. The number of non-ortho nitro benzene ring substituents is 1. The van der Waals surface area contributed by atoms with Crippen molar-refractivity contribution in [2.45, 2.75) is 6.54 Å². The number of nitro groups is 1. The first kappa shape index (κ1) is 14.9. The van der Waals surface area contributed by atoms with E-state index in [1.807, 2.05) is 0 Å². The van der Waals surface area contributed by atoms with Gasteiger partial charge < -0.3 is 10.3 Å². The largest absolute Gasteiger partial charge is 0.383 e. The van der Waals surface area contributed by atoms with Crippen molar-refractivity contribution in [3.05, 3.63) is 56.4 Å². The standard InChI is InChI=1S/C14H9BrN6O2/c15-12-10(5-16)11-13(17)18-7-19-14(11)20(12)6-8-1-3-9(4-2-8)21(22)23/h1-4,7H,6H2,(H2,17,18,19). The molecule has 0 fully saturated rings. The van der Waals surface area contributed by atoms with Crippen molar-refractivity contribution in [2.24, 2.45) is 0 Å². The minimum absolute atomic E-state index is 0.0227. The van der Waals surface area contributed by atoms with E-state index in [-0.39, 0.29) is 11.5 Å². The molecule has 0 aliphatic carbocycles. The monoisotopic (exact) mass is 372 g/mol. The van der Waals surface area contributed by atoms with Gasteiger partial charge in [0.1, 0.15) is 28.5 Å². The highest BCUT2D eigenvalue weighted by Gasteiger charge is 2.19. The Morgan fingerprint density at radius 2 is 2.04 bits per heavy atom. The van der Waals surface area contributed by atoms with Gasteiger partial charge in [-0.05, 0) is 21.5 Å². The summed E-state index contributed by atoms with van der Waals surface area (Å²) in [6.07, 6.45) is 1.33. The summed E-state index contributed by atoms with van der Waals surface area (Å²) in [5.41, 5.74) is 7.59. The van der Waals surface area contributed by atoms with Crippen LogP contribution in [0.3, 0.4) is 0 Å². The van der Waals surface area contributed by atoms with Crippen molar-refractivity contribution >= 4 is 38.5 Å². The summed E-state index contributed by atoms with van der Waals surface area (Å²) in [5.74, 6) is 0.231. The smallest absolute Gasteiger partial charge is 0.269 e. The van der Waals surface area contributed by atoms with Gasteiger partial charge in [0, 0.05) is 12.1 Å². The zero-order valence-electron chi connectivity index (χ0n) is 11.6. The number of nitriles is 1. The molecule has 0 amide bonds. The summed E-state index contributed by atoms with van der Waals surface area (Å²) < 4.78 is 2.31. The normalized spacial score (nSPS) is 10.6. The summed E-state index contributed by atoms with van der Waals surface area (Å²) in [7, 11) is 0. The molecule has 0 saturated carbocycles. The minimum atomic E-state index is -0.452. The molecule has 8 nitrogen and oxygen atoms in total. The number of rotatable bonds is 3. The number of nitrogen functional groups attached to an aromatic ring is 1. The summed E-state index contributed by atoms with van der Waals surface area (Å²) in [5, 5.41) is 20.5. The van der Waals surface area contributed by atoms with Gasteiger partial charge in [-0.25, -0.2) is 9.97 Å². The van der Waals surface area contributed by atoms with Gasteiger partial charge in [0.25, 0.3) is 5.69 Å². The van der Waals surface area contributed by atoms with Gasteiger partial charge in [0.2, 0.25) is 0 Å². The van der Waals surface area contributed by atoms with Gasteiger partial charge in [-0.2, -0.15) is 5.26 Å². The van der Waals surface area contributed by atoms with E-state index in [9.17, 15) is 15.4 Å². The van der Waals surface area contributed by atoms with Gasteiger partial charge >= 0.3 is 0 Å². The lowest BCUT2D eigenvalue weighted by atomic mass is 10.2. The fraction of sp³-hybridized carbons (Fsp3) is 0.0714. The van der Waals surface area contributed by atoms with Crippen LogP contribution in [0, 0.1) is 21.4 Å². The van der Waals surface area contributed by atoms with E-state index in [1.54, 1.807) is 16.7 Å². The van der Waals surface area contributed by atoms with Gasteiger partial charge in [-0.1, -0.05) is 12.1 Å². The third-order valence-electron chi connectivity index (χ3n) is 3.41. The third-order valence-corrected chi connectivity index (χ3v) is 4.23. The van der Waals surface area contributed by atoms with E-state index in [4.69, 9.17) is 5.73 Å². The van der Waals surface area contributed by atoms with Crippen LogP contribution in [0.2, 0.25) is 0 Å². The Labute approximate surface area is 138 Å². The van der Waals surface area contributed by atoms with Crippen LogP contribution in [0.1, 0.15) is 11.1 Å². The summed E-state index contributed by atoms with van der Waals surface area (Å²) in [6.45, 7) is 0.382. The number of aromatic nitrogens is 3. The highest BCUT2D eigenvalue weighted by molar-refractivity contribution is 9.10. The van der Waals surface area contributed by atoms with Gasteiger partial charge in [-0.15, -0.1) is 0 Å². The van der Waals surface area contributed by atoms with Crippen LogP contribution in [-0.2, 0) is 6.54 Å². The molecule has 0 aliphatic rings. The molecule has 0 unspecified atom stereocenters. The first-order valence-corrected chi connectivity index (χ1v) is 7.23. The maximum absolute atomic E-state index is 10.7. The van der Waals surface area contributed by atoms with Crippen LogP contribution in [-0.4, -0.2) is 19.5 Å². The number of nitro benzene ring substituents is 1. The van der Waals surface area contributed by atoms with E-state index in [1.165, 1.54) is 18.5 Å². The number of benzene rings is 1. The first-order chi connectivity index (χ1) is 11.0. The molecule has 23 heavy (non-hydrogen) atoms. The second-order valence-electron chi connectivity index (χ2n) is 4.74. The zero-order chi connectivity index (χ0) is 16.6. The molecule has 0 bridgehead atoms. The molecule has 2 heterocycles. The predicted molar refractivity (Wildman–Crippen MR) is 86.6 cm³/mol. The Morgan fingerprint density at radius 3 is 2.65 bits per heavy atom. The van der Waals surface area contributed by atoms with Crippen LogP contribution < -0.4 is 5.73 Å². The number of nitrogens with two attached hydrogens (primary N) is 1. The summed E-state index contributed by atoms with van der Waals surface area (Å²) in [6, 6.07) is 8.28. The Hall–Kier alpha value is -2.99. The molecule has 0 atom stereocenters. The fourth-order valence-electron chi connectivity index (χ4n) is 2.32. The maximum Gasteiger partial charge on any atom is 0.269 e. The summed E-state index contributed by atoms with van der Waals surface area (Å²) >= 11 is 3.39. The number of nitrogens with zero attached hydrogens (tertiary/aromatic N) is 5. The van der Waals surface area contributed by atoms with Crippen molar-refractivity contribution in [3.63, 3.8) is 0 Å². The molecule has 9 heteroatoms. The SMILES string of the molecule is N#Cc1c(Br)n(Cc2ccc([N+](=O)[O-])cc2)c2ncnc(N)c12. The van der Waals surface area contributed by atoms with Gasteiger partial charge in [0.05, 0.1) is 22.4 Å². The van der Waals surface area contributed by atoms with Crippen molar-refractivity contribution in [1.82, 2.24) is 14.5 Å². The first-order valence-electron chi connectivity index (χ1n) is 6.44. The van der Waals surface area contributed by atoms with Crippen molar-refractivity contribution in [1.29, 1.82) is 5.26 Å². The highest BCUT2D eigenvalue weighted by Crippen LogP contribution is 2.32. The summed E-state index contributed by atoms with van der Waals surface area (Å²) in [4.78, 5) is 18.4. The number of halogens is 1. The highest BCUT2D eigenvalue weighted by atomic mass is 79.9. The van der Waals surface area contributed by atoms with E-state index >= 15 is 0 Å². The van der Waals surface area contributed by atoms with Gasteiger partial charge in [-0.3, -0.25) is 10.1 Å². The molecule has 2 N–H and O–H groups in total. The zero-order valence-corrected chi connectivity index (χ0v) is 13.2. The Kier molecular flexibility index (Phi) is 3.67. The number of hydrogen-bond donors (Lipinski definition) is 1. The molecular formula is C14H9BrN6O2. The Bertz CT molecular complexity index is 958.